The molecule has 2 rings (SSSR count). The molecular weight excluding hydrogens is 190 g/mol. The number of nitriles is 1. The van der Waals surface area contributed by atoms with E-state index >= 15 is 0 Å². The number of benzene rings is 1. The minimum absolute atomic E-state index is 0.669. The average Bonchev–Trinajstić information content (AvgIpc) is 2.80. The van der Waals surface area contributed by atoms with Crippen molar-refractivity contribution < 1.29 is 0 Å². The van der Waals surface area contributed by atoms with Crippen molar-refractivity contribution in [3.8, 4) is 6.07 Å². The van der Waals surface area contributed by atoms with Crippen LogP contribution in [-0.4, -0.2) is 14.9 Å². The fourth-order valence-electron chi connectivity index (χ4n) is 1.16. The molecule has 0 bridgehead atoms. The molecular formula is C10H9N5. The summed E-state index contributed by atoms with van der Waals surface area (Å²) >= 11 is 0. The molecule has 0 aliphatic rings. The van der Waals surface area contributed by atoms with Crippen molar-refractivity contribution in [3.05, 3.63) is 48.0 Å². The van der Waals surface area contributed by atoms with E-state index in [0.717, 1.165) is 5.56 Å². The van der Waals surface area contributed by atoms with E-state index in [-0.39, 0.29) is 0 Å². The zero-order valence-electron chi connectivity index (χ0n) is 7.96. The molecule has 74 valence electrons. The molecule has 15 heavy (non-hydrogen) atoms. The maximum atomic E-state index is 8.62. The Balaban J connectivity index is 1.97. The zero-order chi connectivity index (χ0) is 10.5. The summed E-state index contributed by atoms with van der Waals surface area (Å²) in [6.07, 6.45) is 3.17. The van der Waals surface area contributed by atoms with Crippen molar-refractivity contribution in [1.82, 2.24) is 14.9 Å². The Labute approximate surface area is 87.0 Å². The molecule has 0 fully saturated rings. The number of hydrogen-bond acceptors (Lipinski definition) is 4. The Morgan fingerprint density at radius 1 is 1.20 bits per heavy atom. The Kier molecular flexibility index (Phi) is 2.61. The summed E-state index contributed by atoms with van der Waals surface area (Å²) in [5.74, 6) is 0. The molecule has 0 saturated heterocycles. The van der Waals surface area contributed by atoms with E-state index in [4.69, 9.17) is 5.26 Å². The molecule has 1 N–H and O–H groups in total. The van der Waals surface area contributed by atoms with E-state index < -0.39 is 0 Å². The van der Waals surface area contributed by atoms with Gasteiger partial charge >= 0.3 is 0 Å². The van der Waals surface area contributed by atoms with Crippen molar-refractivity contribution in [2.24, 2.45) is 0 Å². The van der Waals surface area contributed by atoms with Gasteiger partial charge in [0.05, 0.1) is 18.2 Å². The summed E-state index contributed by atoms with van der Waals surface area (Å²) < 4.78 is 1.68. The predicted molar refractivity (Wildman–Crippen MR) is 54.2 cm³/mol. The molecule has 1 heterocycles. The van der Waals surface area contributed by atoms with Crippen LogP contribution in [0.25, 0.3) is 0 Å². The van der Waals surface area contributed by atoms with E-state index in [1.807, 2.05) is 12.1 Å². The minimum atomic E-state index is 0.669. The lowest BCUT2D eigenvalue weighted by atomic mass is 10.1. The second kappa shape index (κ2) is 4.24. The first-order valence-electron chi connectivity index (χ1n) is 4.46. The van der Waals surface area contributed by atoms with Crippen LogP contribution in [0.2, 0.25) is 0 Å². The summed E-state index contributed by atoms with van der Waals surface area (Å²) in [7, 11) is 0. The number of hydrogen-bond donors (Lipinski definition) is 1. The highest BCUT2D eigenvalue weighted by Gasteiger charge is 1.94. The molecule has 0 radical (unpaired) electrons. The second-order valence-electron chi connectivity index (χ2n) is 3.01. The molecule has 5 nitrogen and oxygen atoms in total. The third-order valence-corrected chi connectivity index (χ3v) is 1.97. The summed E-state index contributed by atoms with van der Waals surface area (Å²) in [5.41, 5.74) is 4.86. The maximum absolute atomic E-state index is 8.62. The first-order valence-corrected chi connectivity index (χ1v) is 4.46. The third kappa shape index (κ3) is 2.31. The fraction of sp³-hybridized carbons (Fsp3) is 0.100. The van der Waals surface area contributed by atoms with Crippen LogP contribution in [-0.2, 0) is 6.54 Å². The number of aromatic nitrogens is 3. The lowest BCUT2D eigenvalue weighted by Gasteiger charge is -2.05. The van der Waals surface area contributed by atoms with Gasteiger partial charge < -0.3 is 5.43 Å². The van der Waals surface area contributed by atoms with Gasteiger partial charge in [-0.2, -0.15) is 5.26 Å². The molecule has 2 aromatic rings. The van der Waals surface area contributed by atoms with Crippen LogP contribution >= 0.6 is 0 Å². The van der Waals surface area contributed by atoms with Crippen LogP contribution in [0.3, 0.4) is 0 Å². The Morgan fingerprint density at radius 2 is 1.87 bits per heavy atom. The monoisotopic (exact) mass is 199 g/mol. The zero-order valence-corrected chi connectivity index (χ0v) is 7.96. The Bertz CT molecular complexity index is 452. The first kappa shape index (κ1) is 9.21. The van der Waals surface area contributed by atoms with Crippen LogP contribution in [0.15, 0.2) is 36.9 Å². The quantitative estimate of drug-likeness (QED) is 0.797. The molecule has 1 aromatic heterocycles. The van der Waals surface area contributed by atoms with Crippen LogP contribution in [0.1, 0.15) is 11.1 Å². The predicted octanol–water partition coefficient (Wildman–Crippen LogP) is 0.893. The SMILES string of the molecule is N#Cc1ccc(CNn2cnnc2)cc1. The van der Waals surface area contributed by atoms with Gasteiger partial charge in [-0.3, -0.25) is 0 Å². The molecule has 1 aromatic carbocycles. The van der Waals surface area contributed by atoms with E-state index in [9.17, 15) is 0 Å². The van der Waals surface area contributed by atoms with Gasteiger partial charge in [0, 0.05) is 0 Å². The van der Waals surface area contributed by atoms with Crippen LogP contribution in [0.5, 0.6) is 0 Å². The topological polar surface area (TPSA) is 66.5 Å². The normalized spacial score (nSPS) is 9.53. The lowest BCUT2D eigenvalue weighted by Crippen LogP contribution is -2.11. The maximum Gasteiger partial charge on any atom is 0.138 e. The number of nitrogens with zero attached hydrogens (tertiary/aromatic N) is 4. The minimum Gasteiger partial charge on any atom is -0.319 e. The average molecular weight is 199 g/mol. The summed E-state index contributed by atoms with van der Waals surface area (Å²) in [6, 6.07) is 9.49. The molecule has 0 atom stereocenters. The smallest absolute Gasteiger partial charge is 0.138 e. The van der Waals surface area contributed by atoms with Gasteiger partial charge in [0.25, 0.3) is 0 Å². The fourth-order valence-corrected chi connectivity index (χ4v) is 1.16. The van der Waals surface area contributed by atoms with Crippen molar-refractivity contribution in [3.63, 3.8) is 0 Å². The van der Waals surface area contributed by atoms with Crippen molar-refractivity contribution in [2.45, 2.75) is 6.54 Å². The van der Waals surface area contributed by atoms with Crippen LogP contribution < -0.4 is 5.43 Å². The number of rotatable bonds is 3. The summed E-state index contributed by atoms with van der Waals surface area (Å²) in [5, 5.41) is 16.0. The van der Waals surface area contributed by atoms with Crippen molar-refractivity contribution >= 4 is 0 Å². The lowest BCUT2D eigenvalue weighted by molar-refractivity contribution is 0.836. The van der Waals surface area contributed by atoms with Gasteiger partial charge in [-0.25, -0.2) is 4.68 Å². The van der Waals surface area contributed by atoms with Gasteiger partial charge in [0.15, 0.2) is 0 Å². The van der Waals surface area contributed by atoms with Crippen molar-refractivity contribution in [2.75, 3.05) is 5.43 Å². The van der Waals surface area contributed by atoms with E-state index in [2.05, 4.69) is 21.7 Å². The molecule has 0 aliphatic heterocycles. The third-order valence-electron chi connectivity index (χ3n) is 1.97. The van der Waals surface area contributed by atoms with Gasteiger partial charge in [-0.05, 0) is 17.7 Å². The van der Waals surface area contributed by atoms with E-state index in [1.54, 1.807) is 29.5 Å². The molecule has 0 aliphatic carbocycles. The largest absolute Gasteiger partial charge is 0.319 e. The van der Waals surface area contributed by atoms with Crippen LogP contribution in [0.4, 0.5) is 0 Å². The Morgan fingerprint density at radius 3 is 2.47 bits per heavy atom. The highest BCUT2D eigenvalue weighted by atomic mass is 15.5. The highest BCUT2D eigenvalue weighted by Crippen LogP contribution is 2.03. The first-order chi connectivity index (χ1) is 7.38. The van der Waals surface area contributed by atoms with Crippen molar-refractivity contribution in [1.29, 1.82) is 5.26 Å². The van der Waals surface area contributed by atoms with Crippen LogP contribution in [0, 0.1) is 11.3 Å². The van der Waals surface area contributed by atoms with Gasteiger partial charge in [-0.1, -0.05) is 12.1 Å². The summed E-state index contributed by atoms with van der Waals surface area (Å²) in [6.45, 7) is 0.670. The molecule has 0 saturated carbocycles. The Hall–Kier alpha value is -2.35. The van der Waals surface area contributed by atoms with E-state index in [1.165, 1.54) is 0 Å². The molecule has 0 spiro atoms. The van der Waals surface area contributed by atoms with Gasteiger partial charge in [0.2, 0.25) is 0 Å². The number of nitrogens with one attached hydrogen (secondary N) is 1. The standard InChI is InChI=1S/C10H9N5/c11-5-9-1-3-10(4-2-9)6-14-15-7-12-13-8-15/h1-4,7-8,14H,6H2. The molecule has 0 amide bonds. The molecule has 0 unspecified atom stereocenters. The van der Waals surface area contributed by atoms with Gasteiger partial charge in [0.1, 0.15) is 12.7 Å². The van der Waals surface area contributed by atoms with E-state index in [0.29, 0.717) is 12.1 Å². The molecule has 5 heteroatoms. The summed E-state index contributed by atoms with van der Waals surface area (Å²) in [4.78, 5) is 0. The second-order valence-corrected chi connectivity index (χ2v) is 3.01. The highest BCUT2D eigenvalue weighted by molar-refractivity contribution is 5.31. The van der Waals surface area contributed by atoms with Gasteiger partial charge in [-0.15, -0.1) is 10.2 Å².